The maximum Gasteiger partial charge on any atom is 0.427 e. The smallest absolute Gasteiger partial charge is 0.427 e. The zero-order valence-corrected chi connectivity index (χ0v) is 23.8. The number of hydrogen-bond acceptors (Lipinski definition) is 7. The highest BCUT2D eigenvalue weighted by Crippen LogP contribution is 2.32. The van der Waals surface area contributed by atoms with Gasteiger partial charge in [-0.1, -0.05) is 24.3 Å². The average Bonchev–Trinajstić information content (AvgIpc) is 3.33. The number of carbonyl (C=O) groups is 3. The Kier molecular flexibility index (Phi) is 8.63. The number of ether oxygens (including phenoxy) is 1. The van der Waals surface area contributed by atoms with E-state index in [9.17, 15) is 37.8 Å². The number of aryl methyl sites for hydroxylation is 1. The first-order valence-electron chi connectivity index (χ1n) is 13.0. The summed E-state index contributed by atoms with van der Waals surface area (Å²) in [4.78, 5) is 41.4. The highest BCUT2D eigenvalue weighted by Gasteiger charge is 2.40. The van der Waals surface area contributed by atoms with Crippen molar-refractivity contribution in [2.45, 2.75) is 45.3 Å². The Hall–Kier alpha value is -5.05. The molecule has 11 nitrogen and oxygen atoms in total. The van der Waals surface area contributed by atoms with Gasteiger partial charge in [-0.25, -0.2) is 31.7 Å². The maximum atomic E-state index is 15.7. The lowest BCUT2D eigenvalue weighted by atomic mass is 9.98. The van der Waals surface area contributed by atoms with Gasteiger partial charge in [-0.05, 0) is 68.7 Å². The number of anilines is 1. The molecule has 2 aromatic carbocycles. The van der Waals surface area contributed by atoms with Crippen LogP contribution >= 0.6 is 0 Å². The maximum absolute atomic E-state index is 15.7. The summed E-state index contributed by atoms with van der Waals surface area (Å²) in [5.41, 5.74) is -1.63. The fourth-order valence-corrected chi connectivity index (χ4v) is 4.13. The number of imide groups is 1. The minimum atomic E-state index is -3.88. The molecule has 4 rings (SSSR count). The Morgan fingerprint density at radius 1 is 1.07 bits per heavy atom. The first-order chi connectivity index (χ1) is 20.5. The standard InChI is InChI=1S/C29H27F4N5O6/c1-15-5-10-19(22(31)21(15)24(40)34-14-29(32,33)23(39)16-6-8-18(30)9-7-16)17-11-12-37-20(13-17)35-25(36-37)38(26(41)42)27(43)44-28(2,3)4/h5-13,23,39H,14H2,1-4H3,(H,34,40)(H,41,42)/t23-/m0/s1. The van der Waals surface area contributed by atoms with E-state index in [1.165, 1.54) is 37.4 Å². The van der Waals surface area contributed by atoms with Gasteiger partial charge in [-0.2, -0.15) is 4.98 Å². The third-order valence-electron chi connectivity index (χ3n) is 6.25. The summed E-state index contributed by atoms with van der Waals surface area (Å²) in [5, 5.41) is 25.6. The zero-order valence-electron chi connectivity index (χ0n) is 23.8. The molecule has 3 amide bonds. The van der Waals surface area contributed by atoms with Crippen LogP contribution < -0.4 is 10.2 Å². The highest BCUT2D eigenvalue weighted by atomic mass is 19.3. The quantitative estimate of drug-likeness (QED) is 0.231. The first-order valence-corrected chi connectivity index (χ1v) is 13.0. The van der Waals surface area contributed by atoms with Gasteiger partial charge in [0.25, 0.3) is 17.8 Å². The molecule has 0 fully saturated rings. The number of amides is 3. The molecule has 0 saturated heterocycles. The molecule has 4 aromatic rings. The Bertz CT molecular complexity index is 1740. The van der Waals surface area contributed by atoms with Crippen molar-refractivity contribution in [1.82, 2.24) is 19.9 Å². The van der Waals surface area contributed by atoms with Crippen LogP contribution in [-0.4, -0.2) is 61.0 Å². The van der Waals surface area contributed by atoms with Crippen LogP contribution in [0.3, 0.4) is 0 Å². The van der Waals surface area contributed by atoms with Gasteiger partial charge in [0.2, 0.25) is 0 Å². The summed E-state index contributed by atoms with van der Waals surface area (Å²) in [6.07, 6.45) is -4.00. The normalized spacial score (nSPS) is 12.6. The minimum Gasteiger partial charge on any atom is -0.464 e. The number of aliphatic hydroxyl groups excluding tert-OH is 1. The molecule has 44 heavy (non-hydrogen) atoms. The number of fused-ring (bicyclic) bond motifs is 1. The Balaban J connectivity index is 1.60. The van der Waals surface area contributed by atoms with Crippen molar-refractivity contribution >= 4 is 29.7 Å². The predicted octanol–water partition coefficient (Wildman–Crippen LogP) is 5.50. The number of aromatic nitrogens is 3. The van der Waals surface area contributed by atoms with E-state index in [1.807, 2.05) is 5.32 Å². The van der Waals surface area contributed by atoms with Crippen LogP contribution in [0.2, 0.25) is 0 Å². The summed E-state index contributed by atoms with van der Waals surface area (Å²) >= 11 is 0. The largest absolute Gasteiger partial charge is 0.464 e. The highest BCUT2D eigenvalue weighted by molar-refractivity contribution is 6.07. The number of rotatable bonds is 7. The molecule has 2 aromatic heterocycles. The van der Waals surface area contributed by atoms with E-state index in [-0.39, 0.29) is 32.8 Å². The molecule has 232 valence electrons. The van der Waals surface area contributed by atoms with Crippen LogP contribution in [0.4, 0.5) is 33.1 Å². The number of nitrogens with one attached hydrogen (secondary N) is 1. The second-order valence-electron chi connectivity index (χ2n) is 10.7. The van der Waals surface area contributed by atoms with Gasteiger partial charge in [0.15, 0.2) is 5.65 Å². The topological polar surface area (TPSA) is 146 Å². The average molecular weight is 618 g/mol. The summed E-state index contributed by atoms with van der Waals surface area (Å²) in [5.74, 6) is -7.31. The third kappa shape index (κ3) is 6.78. The van der Waals surface area contributed by atoms with Crippen molar-refractivity contribution < 1.29 is 46.9 Å². The van der Waals surface area contributed by atoms with E-state index < -0.39 is 65.4 Å². The van der Waals surface area contributed by atoms with Crippen molar-refractivity contribution in [2.24, 2.45) is 0 Å². The summed E-state index contributed by atoms with van der Waals surface area (Å²) in [7, 11) is 0. The lowest BCUT2D eigenvalue weighted by molar-refractivity contribution is -0.106. The molecule has 3 N–H and O–H groups in total. The molecule has 0 radical (unpaired) electrons. The molecule has 15 heteroatoms. The fraction of sp³-hybridized carbons (Fsp3) is 0.276. The molecule has 0 saturated carbocycles. The molecule has 0 bridgehead atoms. The van der Waals surface area contributed by atoms with E-state index in [2.05, 4.69) is 10.1 Å². The van der Waals surface area contributed by atoms with Crippen LogP contribution in [0, 0.1) is 18.6 Å². The van der Waals surface area contributed by atoms with Crippen LogP contribution in [0.1, 0.15) is 48.4 Å². The summed E-state index contributed by atoms with van der Waals surface area (Å²) in [6.45, 7) is 4.68. The number of nitrogens with zero attached hydrogens (tertiary/aromatic N) is 4. The van der Waals surface area contributed by atoms with Crippen molar-refractivity contribution in [3.63, 3.8) is 0 Å². The number of carboxylic acid groups (broad SMARTS) is 1. The van der Waals surface area contributed by atoms with E-state index in [4.69, 9.17) is 4.74 Å². The second-order valence-corrected chi connectivity index (χ2v) is 10.7. The number of carbonyl (C=O) groups excluding carboxylic acids is 2. The van der Waals surface area contributed by atoms with E-state index in [1.54, 1.807) is 20.8 Å². The number of hydrogen-bond donors (Lipinski definition) is 3. The number of pyridine rings is 1. The molecule has 0 unspecified atom stereocenters. The lowest BCUT2D eigenvalue weighted by Gasteiger charge is -2.23. The van der Waals surface area contributed by atoms with Gasteiger partial charge in [0.05, 0.1) is 12.1 Å². The van der Waals surface area contributed by atoms with Gasteiger partial charge in [-0.15, -0.1) is 10.00 Å². The molecule has 0 aliphatic carbocycles. The second kappa shape index (κ2) is 11.9. The van der Waals surface area contributed by atoms with E-state index in [0.717, 1.165) is 28.8 Å². The van der Waals surface area contributed by atoms with Crippen LogP contribution in [0.15, 0.2) is 54.7 Å². The number of aliphatic hydroxyl groups is 1. The molecular formula is C29H27F4N5O6. The Morgan fingerprint density at radius 3 is 2.34 bits per heavy atom. The summed E-state index contributed by atoms with van der Waals surface area (Å²) in [6, 6.07) is 9.20. The van der Waals surface area contributed by atoms with Crippen molar-refractivity contribution in [3.05, 3.63) is 83.1 Å². The number of alkyl halides is 2. The van der Waals surface area contributed by atoms with Gasteiger partial charge < -0.3 is 20.3 Å². The molecule has 0 spiro atoms. The minimum absolute atomic E-state index is 0.00714. The van der Waals surface area contributed by atoms with Gasteiger partial charge in [-0.3, -0.25) is 4.79 Å². The molecule has 1 atom stereocenters. The molecule has 0 aliphatic rings. The fourth-order valence-electron chi connectivity index (χ4n) is 4.13. The van der Waals surface area contributed by atoms with E-state index in [0.29, 0.717) is 0 Å². The van der Waals surface area contributed by atoms with E-state index >= 15 is 4.39 Å². The van der Waals surface area contributed by atoms with Crippen LogP contribution in [-0.2, 0) is 4.74 Å². The number of halogens is 4. The molecular weight excluding hydrogens is 590 g/mol. The van der Waals surface area contributed by atoms with Gasteiger partial charge in [0.1, 0.15) is 23.3 Å². The van der Waals surface area contributed by atoms with Crippen LogP contribution in [0.5, 0.6) is 0 Å². The first kappa shape index (κ1) is 31.9. The lowest BCUT2D eigenvalue weighted by Crippen LogP contribution is -2.41. The monoisotopic (exact) mass is 617 g/mol. The van der Waals surface area contributed by atoms with Crippen molar-refractivity contribution in [2.75, 3.05) is 11.4 Å². The molecule has 2 heterocycles. The van der Waals surface area contributed by atoms with Gasteiger partial charge >= 0.3 is 12.2 Å². The SMILES string of the molecule is Cc1ccc(-c2ccn3nc(N(C(=O)O)C(=O)OC(C)(C)C)nc3c2)c(F)c1C(=O)NCC(F)(F)[C@@H](O)c1ccc(F)cc1. The Morgan fingerprint density at radius 2 is 1.73 bits per heavy atom. The number of benzene rings is 2. The summed E-state index contributed by atoms with van der Waals surface area (Å²) < 4.78 is 64.4. The third-order valence-corrected chi connectivity index (χ3v) is 6.25. The van der Waals surface area contributed by atoms with Gasteiger partial charge in [0, 0.05) is 11.8 Å². The molecule has 0 aliphatic heterocycles. The predicted molar refractivity (Wildman–Crippen MR) is 148 cm³/mol. The zero-order chi connectivity index (χ0) is 32.6. The Labute approximate surface area is 247 Å². The van der Waals surface area contributed by atoms with Crippen molar-refractivity contribution in [3.8, 4) is 11.1 Å². The van der Waals surface area contributed by atoms with Crippen molar-refractivity contribution in [1.29, 1.82) is 0 Å². The van der Waals surface area contributed by atoms with Crippen LogP contribution in [0.25, 0.3) is 16.8 Å².